The van der Waals surface area contributed by atoms with Gasteiger partial charge in [-0.15, -0.1) is 0 Å². The summed E-state index contributed by atoms with van der Waals surface area (Å²) >= 11 is 1.89. The number of unbranched alkanes of at least 4 members (excludes halogenated alkanes) is 1. The highest BCUT2D eigenvalue weighted by Gasteiger charge is 2.24. The third-order valence-electron chi connectivity index (χ3n) is 7.95. The van der Waals surface area contributed by atoms with Gasteiger partial charge in [-0.1, -0.05) is 96.7 Å². The molecule has 1 fully saturated rings. The summed E-state index contributed by atoms with van der Waals surface area (Å²) in [6, 6.07) is 39.7. The van der Waals surface area contributed by atoms with E-state index < -0.39 is 0 Å². The number of piperazine rings is 1. The van der Waals surface area contributed by atoms with E-state index in [1.165, 1.54) is 64.8 Å². The number of hydrogen-bond acceptors (Lipinski definition) is 4. The lowest BCUT2D eigenvalue weighted by Crippen LogP contribution is -2.47. The molecule has 0 bridgehead atoms. The van der Waals surface area contributed by atoms with Crippen molar-refractivity contribution in [2.24, 2.45) is 0 Å². The summed E-state index contributed by atoms with van der Waals surface area (Å²) in [6.45, 7) is 8.00. The zero-order chi connectivity index (χ0) is 25.6. The third kappa shape index (κ3) is 5.83. The molecule has 0 radical (unpaired) electrons. The minimum atomic E-state index is 0.428. The summed E-state index contributed by atoms with van der Waals surface area (Å²) in [5.41, 5.74) is 5.55. The quantitative estimate of drug-likeness (QED) is 0.212. The van der Waals surface area contributed by atoms with Gasteiger partial charge >= 0.3 is 0 Å². The van der Waals surface area contributed by atoms with Crippen LogP contribution >= 0.6 is 11.8 Å². The van der Waals surface area contributed by atoms with Gasteiger partial charge in [0, 0.05) is 55.0 Å². The highest BCUT2D eigenvalue weighted by atomic mass is 32.2. The maximum Gasteiger partial charge on any atom is 0.0552 e. The maximum absolute atomic E-state index is 2.67. The standard InChI is InChI=1S/C34H37N3S/c1-3-13-28(14-4-1)30(29-15-5-2-6-16-29)27-36-25-23-35(24-26-36)21-11-12-22-37-31-17-7-9-19-33(31)38-34-20-10-8-18-32(34)37/h1-10,13-20,30H,11-12,21-27H2. The maximum atomic E-state index is 2.67. The van der Waals surface area contributed by atoms with Gasteiger partial charge in [0.15, 0.2) is 0 Å². The fraction of sp³-hybridized carbons (Fsp3) is 0.294. The van der Waals surface area contributed by atoms with Crippen molar-refractivity contribution in [1.29, 1.82) is 0 Å². The van der Waals surface area contributed by atoms with Crippen LogP contribution in [0.1, 0.15) is 29.9 Å². The third-order valence-corrected chi connectivity index (χ3v) is 9.08. The van der Waals surface area contributed by atoms with E-state index in [2.05, 4.69) is 124 Å². The molecule has 0 unspecified atom stereocenters. The molecule has 1 saturated heterocycles. The first-order valence-corrected chi connectivity index (χ1v) is 14.8. The Balaban J connectivity index is 1.00. The molecule has 0 aliphatic carbocycles. The number of hydrogen-bond donors (Lipinski definition) is 0. The smallest absolute Gasteiger partial charge is 0.0552 e. The monoisotopic (exact) mass is 519 g/mol. The molecule has 4 aromatic carbocycles. The van der Waals surface area contributed by atoms with Crippen LogP contribution in [0, 0.1) is 0 Å². The van der Waals surface area contributed by atoms with Crippen molar-refractivity contribution in [1.82, 2.24) is 9.80 Å². The zero-order valence-electron chi connectivity index (χ0n) is 22.1. The van der Waals surface area contributed by atoms with Crippen LogP contribution < -0.4 is 4.90 Å². The van der Waals surface area contributed by atoms with E-state index in [0.717, 1.165) is 26.2 Å². The van der Waals surface area contributed by atoms with E-state index in [0.29, 0.717) is 5.92 Å². The van der Waals surface area contributed by atoms with Crippen molar-refractivity contribution in [3.8, 4) is 0 Å². The lowest BCUT2D eigenvalue weighted by atomic mass is 9.90. The van der Waals surface area contributed by atoms with Gasteiger partial charge in [0.25, 0.3) is 0 Å². The van der Waals surface area contributed by atoms with Gasteiger partial charge in [-0.25, -0.2) is 0 Å². The molecule has 0 N–H and O–H groups in total. The largest absolute Gasteiger partial charge is 0.340 e. The fourth-order valence-electron chi connectivity index (χ4n) is 5.86. The summed E-state index contributed by atoms with van der Waals surface area (Å²) in [6.07, 6.45) is 2.45. The van der Waals surface area contributed by atoms with Crippen LogP contribution in [0.5, 0.6) is 0 Å². The summed E-state index contributed by atoms with van der Waals surface area (Å²) in [4.78, 5) is 10.6. The first-order chi connectivity index (χ1) is 18.8. The molecule has 4 aromatic rings. The van der Waals surface area contributed by atoms with E-state index in [9.17, 15) is 0 Å². The van der Waals surface area contributed by atoms with Gasteiger partial charge in [0.2, 0.25) is 0 Å². The molecule has 0 spiro atoms. The Morgan fingerprint density at radius 3 is 1.58 bits per heavy atom. The average Bonchev–Trinajstić information content (AvgIpc) is 2.99. The number of benzene rings is 4. The first-order valence-electron chi connectivity index (χ1n) is 14.0. The van der Waals surface area contributed by atoms with Crippen LogP contribution in [0.4, 0.5) is 11.4 Å². The SMILES string of the molecule is c1ccc(C(CN2CCN(CCCCN3c4ccccc4Sc4ccccc43)CC2)c2ccccc2)cc1. The summed E-state index contributed by atoms with van der Waals surface area (Å²) < 4.78 is 0. The Hall–Kier alpha value is -3.05. The lowest BCUT2D eigenvalue weighted by Gasteiger charge is -2.37. The Morgan fingerprint density at radius 2 is 1.00 bits per heavy atom. The molecular weight excluding hydrogens is 482 g/mol. The molecule has 0 atom stereocenters. The highest BCUT2D eigenvalue weighted by Crippen LogP contribution is 2.47. The molecule has 38 heavy (non-hydrogen) atoms. The molecular formula is C34H37N3S. The predicted molar refractivity (Wildman–Crippen MR) is 161 cm³/mol. The van der Waals surface area contributed by atoms with Gasteiger partial charge in [-0.3, -0.25) is 4.90 Å². The van der Waals surface area contributed by atoms with Crippen LogP contribution in [0.15, 0.2) is 119 Å². The number of rotatable bonds is 9. The summed E-state index contributed by atoms with van der Waals surface area (Å²) in [5.74, 6) is 0.428. The molecule has 6 rings (SSSR count). The Labute approximate surface area is 232 Å². The Morgan fingerprint density at radius 1 is 0.526 bits per heavy atom. The van der Waals surface area contributed by atoms with E-state index >= 15 is 0 Å². The topological polar surface area (TPSA) is 9.72 Å². The number of anilines is 2. The zero-order valence-corrected chi connectivity index (χ0v) is 22.9. The van der Waals surface area contributed by atoms with E-state index in [1.807, 2.05) is 11.8 Å². The molecule has 2 aliphatic heterocycles. The Kier molecular flexibility index (Phi) is 8.11. The van der Waals surface area contributed by atoms with Gasteiger partial charge in [0.1, 0.15) is 0 Å². The molecule has 0 amide bonds. The fourth-order valence-corrected chi connectivity index (χ4v) is 6.95. The number of nitrogens with zero attached hydrogens (tertiary/aromatic N) is 3. The molecule has 194 valence electrons. The van der Waals surface area contributed by atoms with Crippen molar-refractivity contribution in [2.75, 3.05) is 50.7 Å². The minimum Gasteiger partial charge on any atom is -0.340 e. The van der Waals surface area contributed by atoms with Crippen LogP contribution in [-0.2, 0) is 0 Å². The van der Waals surface area contributed by atoms with Gasteiger partial charge < -0.3 is 9.80 Å². The van der Waals surface area contributed by atoms with Crippen molar-refractivity contribution in [2.45, 2.75) is 28.6 Å². The van der Waals surface area contributed by atoms with Crippen molar-refractivity contribution < 1.29 is 0 Å². The van der Waals surface area contributed by atoms with Crippen LogP contribution in [0.3, 0.4) is 0 Å². The normalized spacial score (nSPS) is 15.9. The van der Waals surface area contributed by atoms with Gasteiger partial charge in [-0.2, -0.15) is 0 Å². The number of para-hydroxylation sites is 2. The van der Waals surface area contributed by atoms with Crippen molar-refractivity contribution >= 4 is 23.1 Å². The van der Waals surface area contributed by atoms with Crippen molar-refractivity contribution in [3.63, 3.8) is 0 Å². The summed E-state index contributed by atoms with van der Waals surface area (Å²) in [7, 11) is 0. The van der Waals surface area contributed by atoms with E-state index in [1.54, 1.807) is 0 Å². The van der Waals surface area contributed by atoms with Crippen molar-refractivity contribution in [3.05, 3.63) is 120 Å². The molecule has 0 saturated carbocycles. The van der Waals surface area contributed by atoms with Gasteiger partial charge in [-0.05, 0) is 54.8 Å². The predicted octanol–water partition coefficient (Wildman–Crippen LogP) is 7.52. The molecule has 0 aromatic heterocycles. The second kappa shape index (κ2) is 12.2. The minimum absolute atomic E-state index is 0.428. The second-order valence-electron chi connectivity index (χ2n) is 10.4. The van der Waals surface area contributed by atoms with Crippen LogP contribution in [0.25, 0.3) is 0 Å². The molecule has 2 aliphatic rings. The molecule has 4 heteroatoms. The molecule has 3 nitrogen and oxygen atoms in total. The van der Waals surface area contributed by atoms with E-state index in [4.69, 9.17) is 0 Å². The lowest BCUT2D eigenvalue weighted by molar-refractivity contribution is 0.128. The van der Waals surface area contributed by atoms with Crippen LogP contribution in [-0.4, -0.2) is 55.6 Å². The van der Waals surface area contributed by atoms with E-state index in [-0.39, 0.29) is 0 Å². The highest BCUT2D eigenvalue weighted by molar-refractivity contribution is 7.99. The molecule has 2 heterocycles. The summed E-state index contributed by atoms with van der Waals surface area (Å²) in [5, 5.41) is 0. The Bertz CT molecular complexity index is 1220. The number of fused-ring (bicyclic) bond motifs is 2. The second-order valence-corrected chi connectivity index (χ2v) is 11.5. The van der Waals surface area contributed by atoms with Crippen LogP contribution in [0.2, 0.25) is 0 Å². The van der Waals surface area contributed by atoms with Gasteiger partial charge in [0.05, 0.1) is 11.4 Å². The first kappa shape index (κ1) is 25.2. The average molecular weight is 520 g/mol.